The van der Waals surface area contributed by atoms with Crippen molar-refractivity contribution in [2.45, 2.75) is 31.8 Å². The van der Waals surface area contributed by atoms with E-state index in [0.717, 1.165) is 18.5 Å². The van der Waals surface area contributed by atoms with Gasteiger partial charge < -0.3 is 10.2 Å². The molecule has 1 amide bonds. The Labute approximate surface area is 145 Å². The minimum atomic E-state index is -0.454. The van der Waals surface area contributed by atoms with Crippen LogP contribution in [0, 0.1) is 5.92 Å². The molecule has 2 saturated heterocycles. The number of halogens is 2. The van der Waals surface area contributed by atoms with Gasteiger partial charge in [0.25, 0.3) is 0 Å². The standard InChI is InChI=1S/C16H20Cl2N2O3/c17-13-7-11(21)8-14(18)12(13)6-10-9-19(5-3-15(10)22)20-4-1-2-16(20)23/h7-8,10,15,21-22H,1-6,9H2. The third-order valence-corrected chi connectivity index (χ3v) is 5.33. The number of benzene rings is 1. The maximum Gasteiger partial charge on any atom is 0.236 e. The van der Waals surface area contributed by atoms with Crippen molar-refractivity contribution in [3.8, 4) is 5.75 Å². The molecule has 2 heterocycles. The van der Waals surface area contributed by atoms with Crippen LogP contribution in [0.15, 0.2) is 12.1 Å². The van der Waals surface area contributed by atoms with E-state index in [2.05, 4.69) is 0 Å². The Bertz CT molecular complexity index is 588. The number of hydrogen-bond acceptors (Lipinski definition) is 4. The highest BCUT2D eigenvalue weighted by Crippen LogP contribution is 2.34. The van der Waals surface area contributed by atoms with E-state index in [9.17, 15) is 15.0 Å². The maximum absolute atomic E-state index is 11.9. The molecular formula is C16H20Cl2N2O3. The van der Waals surface area contributed by atoms with Crippen LogP contribution in [0.2, 0.25) is 10.0 Å². The highest BCUT2D eigenvalue weighted by atomic mass is 35.5. The van der Waals surface area contributed by atoms with Gasteiger partial charge in [0.2, 0.25) is 5.91 Å². The molecule has 0 aliphatic carbocycles. The molecule has 2 aliphatic rings. The van der Waals surface area contributed by atoms with Crippen molar-refractivity contribution in [1.29, 1.82) is 0 Å². The fraction of sp³-hybridized carbons (Fsp3) is 0.562. The molecule has 1 aromatic carbocycles. The SMILES string of the molecule is O=C1CCCN1N1CCC(O)C(Cc2c(Cl)cc(O)cc2Cl)C1. The van der Waals surface area contributed by atoms with Crippen molar-refractivity contribution in [1.82, 2.24) is 10.0 Å². The third-order valence-electron chi connectivity index (χ3n) is 4.65. The average Bonchev–Trinajstić information content (AvgIpc) is 2.91. The second-order valence-electron chi connectivity index (χ2n) is 6.24. The summed E-state index contributed by atoms with van der Waals surface area (Å²) in [6.07, 6.45) is 2.15. The van der Waals surface area contributed by atoms with Crippen LogP contribution in [0.4, 0.5) is 0 Å². The smallest absolute Gasteiger partial charge is 0.236 e. The number of nitrogens with zero attached hydrogens (tertiary/aromatic N) is 2. The van der Waals surface area contributed by atoms with Crippen molar-refractivity contribution in [2.24, 2.45) is 5.92 Å². The Hall–Kier alpha value is -1.01. The Balaban J connectivity index is 1.75. The topological polar surface area (TPSA) is 64.0 Å². The molecule has 0 radical (unpaired) electrons. The third kappa shape index (κ3) is 3.58. The number of amides is 1. The number of phenols is 1. The number of phenolic OH excluding ortho intramolecular Hbond substituents is 1. The van der Waals surface area contributed by atoms with Gasteiger partial charge in [-0.2, -0.15) is 0 Å². The molecule has 5 nitrogen and oxygen atoms in total. The van der Waals surface area contributed by atoms with Crippen LogP contribution in [0.5, 0.6) is 5.75 Å². The summed E-state index contributed by atoms with van der Waals surface area (Å²) < 4.78 is 0. The molecule has 7 heteroatoms. The molecule has 23 heavy (non-hydrogen) atoms. The highest BCUT2D eigenvalue weighted by Gasteiger charge is 2.34. The van der Waals surface area contributed by atoms with E-state index in [1.807, 2.05) is 5.01 Å². The number of aromatic hydroxyl groups is 1. The van der Waals surface area contributed by atoms with Gasteiger partial charge in [-0.25, -0.2) is 5.01 Å². The first kappa shape index (κ1) is 16.8. The molecule has 2 N–H and O–H groups in total. The highest BCUT2D eigenvalue weighted by molar-refractivity contribution is 6.36. The van der Waals surface area contributed by atoms with Crippen molar-refractivity contribution in [2.75, 3.05) is 19.6 Å². The lowest BCUT2D eigenvalue weighted by Gasteiger charge is -2.40. The predicted molar refractivity (Wildman–Crippen MR) is 88.5 cm³/mol. The largest absolute Gasteiger partial charge is 0.508 e. The molecule has 0 bridgehead atoms. The van der Waals surface area contributed by atoms with Gasteiger partial charge in [-0.3, -0.25) is 9.80 Å². The molecule has 0 spiro atoms. The fourth-order valence-corrected chi connectivity index (χ4v) is 4.03. The summed E-state index contributed by atoms with van der Waals surface area (Å²) in [5.74, 6) is 0.120. The molecule has 126 valence electrons. The van der Waals surface area contributed by atoms with Gasteiger partial charge in [0, 0.05) is 42.0 Å². The second kappa shape index (κ2) is 6.85. The molecule has 0 aromatic heterocycles. The quantitative estimate of drug-likeness (QED) is 0.870. The number of piperidine rings is 1. The van der Waals surface area contributed by atoms with Crippen LogP contribution in [-0.2, 0) is 11.2 Å². The van der Waals surface area contributed by atoms with Crippen molar-refractivity contribution in [3.63, 3.8) is 0 Å². The van der Waals surface area contributed by atoms with Gasteiger partial charge >= 0.3 is 0 Å². The number of carbonyl (C=O) groups is 1. The van der Waals surface area contributed by atoms with Crippen LogP contribution in [0.3, 0.4) is 0 Å². The van der Waals surface area contributed by atoms with E-state index in [-0.39, 0.29) is 17.6 Å². The minimum absolute atomic E-state index is 0.0252. The first-order valence-electron chi connectivity index (χ1n) is 7.86. The summed E-state index contributed by atoms with van der Waals surface area (Å²) in [6, 6.07) is 2.92. The van der Waals surface area contributed by atoms with Crippen LogP contribution in [0.1, 0.15) is 24.8 Å². The Morgan fingerprint density at radius 2 is 1.91 bits per heavy atom. The Morgan fingerprint density at radius 1 is 1.22 bits per heavy atom. The summed E-state index contributed by atoms with van der Waals surface area (Å²) in [7, 11) is 0. The van der Waals surface area contributed by atoms with Crippen LogP contribution in [0.25, 0.3) is 0 Å². The predicted octanol–water partition coefficient (Wildman–Crippen LogP) is 2.46. The Kier molecular flexibility index (Phi) is 5.01. The summed E-state index contributed by atoms with van der Waals surface area (Å²) in [5.41, 5.74) is 0.727. The number of hydrazine groups is 1. The summed E-state index contributed by atoms with van der Waals surface area (Å²) in [6.45, 7) is 2.03. The molecule has 2 aliphatic heterocycles. The van der Waals surface area contributed by atoms with Crippen molar-refractivity contribution in [3.05, 3.63) is 27.7 Å². The maximum atomic E-state index is 11.9. The average molecular weight is 359 g/mol. The molecular weight excluding hydrogens is 339 g/mol. The Morgan fingerprint density at radius 3 is 2.52 bits per heavy atom. The van der Waals surface area contributed by atoms with E-state index >= 15 is 0 Å². The molecule has 2 atom stereocenters. The van der Waals surface area contributed by atoms with Crippen LogP contribution >= 0.6 is 23.2 Å². The normalized spacial score (nSPS) is 26.0. The molecule has 1 aromatic rings. The van der Waals surface area contributed by atoms with E-state index in [4.69, 9.17) is 23.2 Å². The van der Waals surface area contributed by atoms with Crippen LogP contribution in [-0.4, -0.2) is 51.9 Å². The van der Waals surface area contributed by atoms with E-state index in [1.165, 1.54) is 12.1 Å². The zero-order valence-corrected chi connectivity index (χ0v) is 14.2. The van der Waals surface area contributed by atoms with Gasteiger partial charge in [-0.05, 0) is 37.0 Å². The lowest BCUT2D eigenvalue weighted by molar-refractivity contribution is -0.150. The van der Waals surface area contributed by atoms with Crippen molar-refractivity contribution >= 4 is 29.1 Å². The van der Waals surface area contributed by atoms with Gasteiger partial charge in [0.05, 0.1) is 6.10 Å². The molecule has 2 unspecified atom stereocenters. The van der Waals surface area contributed by atoms with Gasteiger partial charge in [0.15, 0.2) is 0 Å². The lowest BCUT2D eigenvalue weighted by atomic mass is 9.89. The lowest BCUT2D eigenvalue weighted by Crippen LogP contribution is -2.52. The van der Waals surface area contributed by atoms with Gasteiger partial charge in [-0.1, -0.05) is 23.2 Å². The summed E-state index contributed by atoms with van der Waals surface area (Å²) in [4.78, 5) is 11.9. The zero-order chi connectivity index (χ0) is 16.6. The number of aliphatic hydroxyl groups excluding tert-OH is 1. The van der Waals surface area contributed by atoms with Crippen LogP contribution < -0.4 is 0 Å². The second-order valence-corrected chi connectivity index (χ2v) is 7.06. The van der Waals surface area contributed by atoms with Gasteiger partial charge in [-0.15, -0.1) is 0 Å². The fourth-order valence-electron chi connectivity index (χ4n) is 3.40. The zero-order valence-electron chi connectivity index (χ0n) is 12.7. The number of rotatable bonds is 3. The van der Waals surface area contributed by atoms with Crippen molar-refractivity contribution < 1.29 is 15.0 Å². The first-order chi connectivity index (χ1) is 11.0. The number of carbonyl (C=O) groups excluding carboxylic acids is 1. The molecule has 0 saturated carbocycles. The number of hydrogen-bond donors (Lipinski definition) is 2. The summed E-state index contributed by atoms with van der Waals surface area (Å²) >= 11 is 12.4. The number of aliphatic hydroxyl groups is 1. The monoisotopic (exact) mass is 358 g/mol. The van der Waals surface area contributed by atoms with E-state index in [0.29, 0.717) is 42.4 Å². The van der Waals surface area contributed by atoms with Gasteiger partial charge in [0.1, 0.15) is 5.75 Å². The minimum Gasteiger partial charge on any atom is -0.508 e. The van der Waals surface area contributed by atoms with E-state index < -0.39 is 6.10 Å². The van der Waals surface area contributed by atoms with E-state index in [1.54, 1.807) is 5.01 Å². The first-order valence-corrected chi connectivity index (χ1v) is 8.61. The molecule has 2 fully saturated rings. The molecule has 3 rings (SSSR count). The summed E-state index contributed by atoms with van der Waals surface area (Å²) in [5, 5.41) is 24.5.